The fourth-order valence-corrected chi connectivity index (χ4v) is 0.342. The normalized spacial score (nSPS) is 6.60. The first-order valence-electron chi connectivity index (χ1n) is 3.07. The third kappa shape index (κ3) is 10.8. The first kappa shape index (κ1) is 12.6. The minimum absolute atomic E-state index is 0. The molecule has 0 heterocycles. The molecule has 54 valence electrons. The molecule has 0 saturated heterocycles. The van der Waals surface area contributed by atoms with E-state index in [0.29, 0.717) is 0 Å². The topological polar surface area (TPSA) is 0 Å². The van der Waals surface area contributed by atoms with Crippen molar-refractivity contribution in [3.63, 3.8) is 0 Å². The largest absolute Gasteiger partial charge is 2.00 e. The van der Waals surface area contributed by atoms with Crippen LogP contribution >= 0.6 is 0 Å². The number of rotatable bonds is 0. The molecule has 0 nitrogen and oxygen atoms in total. The second-order valence-corrected chi connectivity index (χ2v) is 1.65. The predicted octanol–water partition coefficient (Wildman–Crippen LogP) is 2.71. The zero-order chi connectivity index (χ0) is 6.95. The maximum atomic E-state index is 2.89. The summed E-state index contributed by atoms with van der Waals surface area (Å²) in [4.78, 5) is 0. The van der Waals surface area contributed by atoms with E-state index in [4.69, 9.17) is 0 Å². The Morgan fingerprint density at radius 3 is 1.50 bits per heavy atom. The van der Waals surface area contributed by atoms with Crippen molar-refractivity contribution >= 4 is 0 Å². The van der Waals surface area contributed by atoms with E-state index >= 15 is 0 Å². The molecule has 0 aliphatic rings. The number of hydrogen-bond donors (Lipinski definition) is 0. The molecule has 0 aliphatic heterocycles. The van der Waals surface area contributed by atoms with Crippen molar-refractivity contribution in [2.45, 2.75) is 13.8 Å². The van der Waals surface area contributed by atoms with Crippen molar-refractivity contribution in [3.05, 3.63) is 42.8 Å². The maximum absolute atomic E-state index is 2.89. The van der Waals surface area contributed by atoms with Gasteiger partial charge < -0.3 is 6.42 Å². The van der Waals surface area contributed by atoms with Gasteiger partial charge in [-0.25, -0.2) is 0 Å². The van der Waals surface area contributed by atoms with Crippen LogP contribution in [-0.4, -0.2) is 0 Å². The third-order valence-electron chi connectivity index (χ3n) is 0.607. The number of benzene rings is 1. The molecule has 0 fully saturated rings. The molecular weight excluding hydrogens is 292 g/mol. The fraction of sp³-hybridized carbons (Fsp3) is 0.222. The average molecular weight is 304 g/mol. The summed E-state index contributed by atoms with van der Waals surface area (Å²) in [5.74, 6) is 0. The zero-order valence-corrected chi connectivity index (χ0v) is 9.31. The Hall–Kier alpha value is -0.0917. The molecule has 0 amide bonds. The zero-order valence-electron chi connectivity index (χ0n) is 6.37. The molecular formula is C9H12W. The molecule has 0 aromatic heterocycles. The Balaban J connectivity index is 0. The number of hydrogen-bond acceptors (Lipinski definition) is 0. The molecule has 0 N–H and O–H groups in total. The van der Waals surface area contributed by atoms with Crippen molar-refractivity contribution in [2.75, 3.05) is 0 Å². The average Bonchev–Trinajstić information content (AvgIpc) is 1.93. The molecule has 0 unspecified atom stereocenters. The van der Waals surface area contributed by atoms with Gasteiger partial charge in [0.1, 0.15) is 0 Å². The Labute approximate surface area is 77.9 Å². The van der Waals surface area contributed by atoms with Crippen LogP contribution in [0.25, 0.3) is 0 Å². The summed E-state index contributed by atoms with van der Waals surface area (Å²) in [5, 5.41) is 0. The van der Waals surface area contributed by atoms with Crippen LogP contribution in [0.2, 0.25) is 0 Å². The Morgan fingerprint density at radius 1 is 1.00 bits per heavy atom. The maximum Gasteiger partial charge on any atom is 2.00 e. The molecule has 1 aromatic rings. The minimum Gasteiger partial charge on any atom is -0.335 e. The minimum atomic E-state index is 0. The molecule has 0 saturated carbocycles. The quantitative estimate of drug-likeness (QED) is 0.647. The second kappa shape index (κ2) is 11.7. The Kier molecular flexibility index (Phi) is 14.7. The standard InChI is InChI=1S/C6H5.C3H7.W/c1-2-4-6-5-3-1;1-3-2;/h1-5H;3H,1-2H3;/q2*-1;+2. The third-order valence-corrected chi connectivity index (χ3v) is 0.607. The van der Waals surface area contributed by atoms with Gasteiger partial charge in [-0.3, -0.25) is 0 Å². The van der Waals surface area contributed by atoms with Gasteiger partial charge in [-0.2, -0.15) is 50.2 Å². The monoisotopic (exact) mass is 304 g/mol. The summed E-state index contributed by atoms with van der Waals surface area (Å²) in [6, 6.07) is 12.5. The van der Waals surface area contributed by atoms with Crippen LogP contribution in [0, 0.1) is 12.5 Å². The Morgan fingerprint density at radius 2 is 1.40 bits per heavy atom. The summed E-state index contributed by atoms with van der Waals surface area (Å²) < 4.78 is 0. The molecule has 0 spiro atoms. The molecule has 1 heteroatoms. The van der Waals surface area contributed by atoms with E-state index in [9.17, 15) is 0 Å². The summed E-state index contributed by atoms with van der Waals surface area (Å²) in [5.41, 5.74) is 0. The van der Waals surface area contributed by atoms with Gasteiger partial charge in [0.15, 0.2) is 0 Å². The molecule has 0 aliphatic carbocycles. The van der Waals surface area contributed by atoms with Gasteiger partial charge in [-0.1, -0.05) is 0 Å². The van der Waals surface area contributed by atoms with Gasteiger partial charge in [0.25, 0.3) is 0 Å². The molecule has 10 heavy (non-hydrogen) atoms. The fourth-order valence-electron chi connectivity index (χ4n) is 0.342. The van der Waals surface area contributed by atoms with Crippen LogP contribution in [0.1, 0.15) is 13.8 Å². The van der Waals surface area contributed by atoms with Gasteiger partial charge in [0.05, 0.1) is 0 Å². The summed E-state index contributed by atoms with van der Waals surface area (Å²) in [6.07, 6.45) is 2.00. The Bertz CT molecular complexity index is 87.6. The summed E-state index contributed by atoms with van der Waals surface area (Å²) >= 11 is 0. The smallest absolute Gasteiger partial charge is 0.335 e. The van der Waals surface area contributed by atoms with E-state index in [1.54, 1.807) is 0 Å². The van der Waals surface area contributed by atoms with E-state index in [0.717, 1.165) is 0 Å². The van der Waals surface area contributed by atoms with E-state index in [1.807, 2.05) is 50.6 Å². The van der Waals surface area contributed by atoms with Crippen LogP contribution in [0.3, 0.4) is 0 Å². The summed E-state index contributed by atoms with van der Waals surface area (Å²) in [7, 11) is 0. The van der Waals surface area contributed by atoms with Crippen LogP contribution in [0.5, 0.6) is 0 Å². The van der Waals surface area contributed by atoms with Gasteiger partial charge in [-0.05, 0) is 0 Å². The van der Waals surface area contributed by atoms with Gasteiger partial charge in [-0.15, -0.1) is 0 Å². The van der Waals surface area contributed by atoms with Gasteiger partial charge in [0.2, 0.25) is 0 Å². The van der Waals surface area contributed by atoms with Crippen molar-refractivity contribution in [1.29, 1.82) is 0 Å². The second-order valence-electron chi connectivity index (χ2n) is 1.65. The molecule has 1 aromatic carbocycles. The van der Waals surface area contributed by atoms with Crippen molar-refractivity contribution < 1.29 is 21.1 Å². The molecule has 1 rings (SSSR count). The molecule has 0 atom stereocenters. The van der Waals surface area contributed by atoms with Crippen LogP contribution in [0.15, 0.2) is 30.3 Å². The van der Waals surface area contributed by atoms with Gasteiger partial charge in [0, 0.05) is 0 Å². The summed E-state index contributed by atoms with van der Waals surface area (Å²) in [6.45, 7) is 4.00. The SMILES string of the molecule is C[CH-]C.[W+2].[c-]1ccccc1. The van der Waals surface area contributed by atoms with Crippen LogP contribution in [0.4, 0.5) is 0 Å². The predicted molar refractivity (Wildman–Crippen MR) is 40.9 cm³/mol. The van der Waals surface area contributed by atoms with Crippen molar-refractivity contribution in [1.82, 2.24) is 0 Å². The van der Waals surface area contributed by atoms with Gasteiger partial charge >= 0.3 is 21.1 Å². The first-order chi connectivity index (χ1) is 4.41. The molecule has 0 bridgehead atoms. The molecule has 0 radical (unpaired) electrons. The van der Waals surface area contributed by atoms with Crippen molar-refractivity contribution in [2.24, 2.45) is 0 Å². The van der Waals surface area contributed by atoms with Crippen LogP contribution < -0.4 is 0 Å². The van der Waals surface area contributed by atoms with E-state index < -0.39 is 0 Å². The van der Waals surface area contributed by atoms with E-state index in [1.165, 1.54) is 0 Å². The first-order valence-corrected chi connectivity index (χ1v) is 3.07. The van der Waals surface area contributed by atoms with E-state index in [2.05, 4.69) is 6.07 Å². The van der Waals surface area contributed by atoms with Crippen molar-refractivity contribution in [3.8, 4) is 0 Å². The van der Waals surface area contributed by atoms with E-state index in [-0.39, 0.29) is 21.1 Å². The van der Waals surface area contributed by atoms with Crippen LogP contribution in [-0.2, 0) is 21.1 Å².